The highest BCUT2D eigenvalue weighted by Crippen LogP contribution is 2.40. The van der Waals surface area contributed by atoms with Crippen LogP contribution in [0.4, 0.5) is 0 Å². The fourth-order valence-corrected chi connectivity index (χ4v) is 6.90. The number of fused-ring (bicyclic) bond motifs is 3. The van der Waals surface area contributed by atoms with Crippen molar-refractivity contribution >= 4 is 37.7 Å². The van der Waals surface area contributed by atoms with Gasteiger partial charge in [-0.3, -0.25) is 0 Å². The summed E-state index contributed by atoms with van der Waals surface area (Å²) in [5.74, 6) is 0. The standard InChI is InChI=1S/C42H28BrN/c43-40-22-8-6-20-37(40)36-19-5-4-18-35(36)33-24-25-39-38-21-7-9-23-41(38)44(42(39)28-33)34-17-11-16-32(27-34)31-15-10-14-30(26-31)29-12-2-1-3-13-29/h1-28H. The molecule has 2 heteroatoms. The number of rotatable bonds is 5. The van der Waals surface area contributed by atoms with Crippen molar-refractivity contribution in [3.05, 3.63) is 174 Å². The van der Waals surface area contributed by atoms with Crippen LogP contribution < -0.4 is 0 Å². The van der Waals surface area contributed by atoms with Crippen molar-refractivity contribution in [3.63, 3.8) is 0 Å². The molecule has 0 saturated carbocycles. The Morgan fingerprint density at radius 2 is 0.932 bits per heavy atom. The Kier molecular flexibility index (Phi) is 6.70. The highest BCUT2D eigenvalue weighted by Gasteiger charge is 2.16. The summed E-state index contributed by atoms with van der Waals surface area (Å²) >= 11 is 3.78. The summed E-state index contributed by atoms with van der Waals surface area (Å²) in [6, 6.07) is 61.1. The monoisotopic (exact) mass is 625 g/mol. The minimum Gasteiger partial charge on any atom is -0.309 e. The molecule has 208 valence electrons. The largest absolute Gasteiger partial charge is 0.309 e. The van der Waals surface area contributed by atoms with Gasteiger partial charge in [0.15, 0.2) is 0 Å². The molecule has 0 saturated heterocycles. The summed E-state index contributed by atoms with van der Waals surface area (Å²) in [7, 11) is 0. The van der Waals surface area contributed by atoms with Crippen LogP contribution in [0, 0.1) is 0 Å². The van der Waals surface area contributed by atoms with Crippen LogP contribution in [-0.4, -0.2) is 4.57 Å². The van der Waals surface area contributed by atoms with E-state index in [1.807, 2.05) is 0 Å². The lowest BCUT2D eigenvalue weighted by Gasteiger charge is -2.14. The zero-order valence-electron chi connectivity index (χ0n) is 24.0. The van der Waals surface area contributed by atoms with E-state index < -0.39 is 0 Å². The van der Waals surface area contributed by atoms with Gasteiger partial charge < -0.3 is 4.57 Å². The Morgan fingerprint density at radius 3 is 1.75 bits per heavy atom. The molecule has 8 aromatic rings. The predicted molar refractivity (Wildman–Crippen MR) is 190 cm³/mol. The molecule has 0 fully saturated rings. The summed E-state index contributed by atoms with van der Waals surface area (Å²) in [5.41, 5.74) is 13.2. The van der Waals surface area contributed by atoms with Gasteiger partial charge in [0.1, 0.15) is 0 Å². The van der Waals surface area contributed by atoms with E-state index in [1.165, 1.54) is 66.3 Å². The summed E-state index contributed by atoms with van der Waals surface area (Å²) in [6.45, 7) is 0. The quantitative estimate of drug-likeness (QED) is 0.179. The normalized spacial score (nSPS) is 11.3. The van der Waals surface area contributed by atoms with Crippen LogP contribution in [0.5, 0.6) is 0 Å². The topological polar surface area (TPSA) is 4.93 Å². The van der Waals surface area contributed by atoms with Crippen molar-refractivity contribution in [2.45, 2.75) is 0 Å². The first-order chi connectivity index (χ1) is 21.7. The number of benzene rings is 7. The number of halogens is 1. The molecule has 1 heterocycles. The summed E-state index contributed by atoms with van der Waals surface area (Å²) < 4.78 is 3.51. The third-order valence-corrected chi connectivity index (χ3v) is 9.17. The lowest BCUT2D eigenvalue weighted by Crippen LogP contribution is -1.95. The molecule has 0 aliphatic rings. The number of hydrogen-bond donors (Lipinski definition) is 0. The van der Waals surface area contributed by atoms with Crippen LogP contribution in [-0.2, 0) is 0 Å². The van der Waals surface area contributed by atoms with Crippen molar-refractivity contribution in [2.24, 2.45) is 0 Å². The molecule has 1 nitrogen and oxygen atoms in total. The van der Waals surface area contributed by atoms with E-state index in [0.717, 1.165) is 10.2 Å². The summed E-state index contributed by atoms with van der Waals surface area (Å²) in [6.07, 6.45) is 0. The van der Waals surface area contributed by atoms with Crippen molar-refractivity contribution in [2.75, 3.05) is 0 Å². The average molecular weight is 627 g/mol. The van der Waals surface area contributed by atoms with Crippen LogP contribution in [0.1, 0.15) is 0 Å². The van der Waals surface area contributed by atoms with Crippen molar-refractivity contribution in [1.29, 1.82) is 0 Å². The molecule has 44 heavy (non-hydrogen) atoms. The third-order valence-electron chi connectivity index (χ3n) is 8.48. The molecule has 8 rings (SSSR count). The smallest absolute Gasteiger partial charge is 0.0547 e. The van der Waals surface area contributed by atoms with Gasteiger partial charge in [-0.2, -0.15) is 0 Å². The molecule has 0 unspecified atom stereocenters. The van der Waals surface area contributed by atoms with Crippen molar-refractivity contribution < 1.29 is 0 Å². The Morgan fingerprint density at radius 1 is 0.341 bits per heavy atom. The molecular formula is C42H28BrN. The molecule has 0 bridgehead atoms. The number of para-hydroxylation sites is 1. The first kappa shape index (κ1) is 26.4. The van der Waals surface area contributed by atoms with Crippen LogP contribution in [0.15, 0.2) is 174 Å². The molecule has 0 spiro atoms. The highest BCUT2D eigenvalue weighted by atomic mass is 79.9. The third kappa shape index (κ3) is 4.65. The van der Waals surface area contributed by atoms with Gasteiger partial charge in [-0.1, -0.05) is 149 Å². The fraction of sp³-hybridized carbons (Fsp3) is 0. The Hall–Kier alpha value is -5.18. The Labute approximate surface area is 265 Å². The second-order valence-electron chi connectivity index (χ2n) is 11.1. The predicted octanol–water partition coefficient (Wildman–Crippen LogP) is 12.2. The second-order valence-corrected chi connectivity index (χ2v) is 12.0. The van der Waals surface area contributed by atoms with E-state index in [-0.39, 0.29) is 0 Å². The SMILES string of the molecule is Brc1ccccc1-c1ccccc1-c1ccc2c3ccccc3n(-c3cccc(-c4cccc(-c5ccccc5)c4)c3)c2c1. The average Bonchev–Trinajstić information content (AvgIpc) is 3.43. The maximum Gasteiger partial charge on any atom is 0.0547 e. The van der Waals surface area contributed by atoms with E-state index in [4.69, 9.17) is 0 Å². The van der Waals surface area contributed by atoms with Gasteiger partial charge in [0.05, 0.1) is 11.0 Å². The van der Waals surface area contributed by atoms with E-state index in [2.05, 4.69) is 190 Å². The second kappa shape index (κ2) is 11.1. The van der Waals surface area contributed by atoms with Gasteiger partial charge in [-0.25, -0.2) is 0 Å². The molecule has 0 amide bonds. The van der Waals surface area contributed by atoms with Gasteiger partial charge in [0.2, 0.25) is 0 Å². The molecule has 0 radical (unpaired) electrons. The molecule has 0 aliphatic carbocycles. The first-order valence-electron chi connectivity index (χ1n) is 14.9. The maximum atomic E-state index is 3.78. The maximum absolute atomic E-state index is 3.78. The summed E-state index contributed by atoms with van der Waals surface area (Å²) in [5, 5.41) is 2.50. The van der Waals surface area contributed by atoms with Gasteiger partial charge in [-0.05, 0) is 80.9 Å². The number of aromatic nitrogens is 1. The molecule has 1 aromatic heterocycles. The molecule has 0 aliphatic heterocycles. The molecule has 0 N–H and O–H groups in total. The molecular weight excluding hydrogens is 598 g/mol. The van der Waals surface area contributed by atoms with Gasteiger partial charge in [0, 0.05) is 20.9 Å². The number of nitrogens with zero attached hydrogens (tertiary/aromatic N) is 1. The van der Waals surface area contributed by atoms with Crippen molar-refractivity contribution in [3.8, 4) is 50.2 Å². The van der Waals surface area contributed by atoms with E-state index in [9.17, 15) is 0 Å². The van der Waals surface area contributed by atoms with E-state index in [0.29, 0.717) is 0 Å². The summed E-state index contributed by atoms with van der Waals surface area (Å²) in [4.78, 5) is 0. The van der Waals surface area contributed by atoms with Gasteiger partial charge in [0.25, 0.3) is 0 Å². The van der Waals surface area contributed by atoms with Crippen LogP contribution in [0.25, 0.3) is 72.0 Å². The highest BCUT2D eigenvalue weighted by molar-refractivity contribution is 9.10. The number of hydrogen-bond acceptors (Lipinski definition) is 0. The lowest BCUT2D eigenvalue weighted by atomic mass is 9.94. The molecule has 7 aromatic carbocycles. The van der Waals surface area contributed by atoms with Crippen molar-refractivity contribution in [1.82, 2.24) is 4.57 Å². The Bertz CT molecular complexity index is 2290. The fourth-order valence-electron chi connectivity index (χ4n) is 6.40. The first-order valence-corrected chi connectivity index (χ1v) is 15.7. The van der Waals surface area contributed by atoms with Crippen LogP contribution in [0.3, 0.4) is 0 Å². The van der Waals surface area contributed by atoms with E-state index in [1.54, 1.807) is 0 Å². The minimum absolute atomic E-state index is 1.09. The van der Waals surface area contributed by atoms with E-state index >= 15 is 0 Å². The van der Waals surface area contributed by atoms with Crippen LogP contribution >= 0.6 is 15.9 Å². The Balaban J connectivity index is 1.30. The molecule has 0 atom stereocenters. The zero-order chi connectivity index (χ0) is 29.5. The van der Waals surface area contributed by atoms with Gasteiger partial charge in [-0.15, -0.1) is 0 Å². The lowest BCUT2D eigenvalue weighted by molar-refractivity contribution is 1.18. The van der Waals surface area contributed by atoms with Gasteiger partial charge >= 0.3 is 0 Å². The van der Waals surface area contributed by atoms with Crippen LogP contribution in [0.2, 0.25) is 0 Å². The minimum atomic E-state index is 1.09. The zero-order valence-corrected chi connectivity index (χ0v) is 25.6.